The molecule has 0 aliphatic carbocycles. The van der Waals surface area contributed by atoms with E-state index in [0.717, 1.165) is 11.1 Å². The van der Waals surface area contributed by atoms with Gasteiger partial charge in [0.2, 0.25) is 5.91 Å². The van der Waals surface area contributed by atoms with Crippen LogP contribution in [0.25, 0.3) is 0 Å². The van der Waals surface area contributed by atoms with Gasteiger partial charge in [0, 0.05) is 6.92 Å². The average molecular weight is 292 g/mol. The van der Waals surface area contributed by atoms with Crippen LogP contribution in [0, 0.1) is 0 Å². The first-order chi connectivity index (χ1) is 10.7. The zero-order valence-corrected chi connectivity index (χ0v) is 12.2. The minimum absolute atomic E-state index is 0.0500. The van der Waals surface area contributed by atoms with Crippen molar-refractivity contribution in [2.75, 3.05) is 0 Å². The first-order valence-electron chi connectivity index (χ1n) is 7.34. The molecule has 4 nitrogen and oxygen atoms in total. The standard InChI is InChI=1S/C18H16N2O2/c1-13(21)20-12-19-16-17(20)22-18(16,14-8-4-2-5-9-14)15-10-6-3-7-11-15/h2-12,16-17H,1H3/t16-,17-/m1/s1. The molecule has 0 radical (unpaired) electrons. The maximum atomic E-state index is 11.7. The zero-order chi connectivity index (χ0) is 15.2. The van der Waals surface area contributed by atoms with Crippen molar-refractivity contribution in [1.82, 2.24) is 4.90 Å². The number of carbonyl (C=O) groups is 1. The highest BCUT2D eigenvalue weighted by molar-refractivity contribution is 5.88. The Labute approximate surface area is 129 Å². The number of rotatable bonds is 2. The predicted octanol–water partition coefficient (Wildman–Crippen LogP) is 2.55. The SMILES string of the molecule is CC(=O)N1C=N[C@@H]2[C@H]1OC2(c1ccccc1)c1ccccc1. The molecule has 0 saturated carbocycles. The Hall–Kier alpha value is -2.46. The minimum Gasteiger partial charge on any atom is -0.337 e. The number of aliphatic imine (C=N–C) groups is 1. The summed E-state index contributed by atoms with van der Waals surface area (Å²) in [6.45, 7) is 1.53. The summed E-state index contributed by atoms with van der Waals surface area (Å²) in [6.07, 6.45) is 1.29. The van der Waals surface area contributed by atoms with Crippen LogP contribution in [0.15, 0.2) is 65.7 Å². The first-order valence-corrected chi connectivity index (χ1v) is 7.34. The maximum absolute atomic E-state index is 11.7. The molecule has 0 bridgehead atoms. The first kappa shape index (κ1) is 13.2. The fourth-order valence-corrected chi connectivity index (χ4v) is 3.33. The van der Waals surface area contributed by atoms with Gasteiger partial charge in [0.1, 0.15) is 11.6 Å². The van der Waals surface area contributed by atoms with Crippen molar-refractivity contribution in [3.05, 3.63) is 71.8 Å². The van der Waals surface area contributed by atoms with E-state index in [4.69, 9.17) is 4.74 Å². The van der Waals surface area contributed by atoms with Crippen LogP contribution in [0.2, 0.25) is 0 Å². The van der Waals surface area contributed by atoms with Gasteiger partial charge in [-0.15, -0.1) is 0 Å². The third kappa shape index (κ3) is 1.67. The molecule has 1 amide bonds. The highest BCUT2D eigenvalue weighted by Crippen LogP contribution is 2.51. The molecular formula is C18H16N2O2. The molecule has 2 aromatic rings. The molecule has 0 N–H and O–H groups in total. The summed E-state index contributed by atoms with van der Waals surface area (Å²) in [4.78, 5) is 17.8. The number of fused-ring (bicyclic) bond motifs is 1. The minimum atomic E-state index is -0.617. The summed E-state index contributed by atoms with van der Waals surface area (Å²) in [5.74, 6) is -0.0500. The van der Waals surface area contributed by atoms with Crippen molar-refractivity contribution >= 4 is 12.2 Å². The Morgan fingerprint density at radius 3 is 2.09 bits per heavy atom. The molecule has 2 aromatic carbocycles. The fourth-order valence-electron chi connectivity index (χ4n) is 3.33. The van der Waals surface area contributed by atoms with Crippen LogP contribution in [0.1, 0.15) is 18.1 Å². The maximum Gasteiger partial charge on any atom is 0.226 e. The lowest BCUT2D eigenvalue weighted by Gasteiger charge is -2.52. The monoisotopic (exact) mass is 292 g/mol. The predicted molar refractivity (Wildman–Crippen MR) is 83.3 cm³/mol. The molecule has 2 aliphatic rings. The van der Waals surface area contributed by atoms with Gasteiger partial charge in [-0.2, -0.15) is 0 Å². The molecule has 2 aliphatic heterocycles. The Morgan fingerprint density at radius 2 is 1.59 bits per heavy atom. The van der Waals surface area contributed by atoms with Crippen molar-refractivity contribution in [3.8, 4) is 0 Å². The van der Waals surface area contributed by atoms with E-state index in [0.29, 0.717) is 0 Å². The van der Waals surface area contributed by atoms with Gasteiger partial charge in [0.15, 0.2) is 6.23 Å². The van der Waals surface area contributed by atoms with Crippen LogP contribution in [0.5, 0.6) is 0 Å². The van der Waals surface area contributed by atoms with Crippen molar-refractivity contribution in [3.63, 3.8) is 0 Å². The van der Waals surface area contributed by atoms with Crippen LogP contribution in [-0.2, 0) is 15.1 Å². The molecule has 1 saturated heterocycles. The van der Waals surface area contributed by atoms with E-state index in [2.05, 4.69) is 29.3 Å². The third-order valence-corrected chi connectivity index (χ3v) is 4.39. The molecule has 0 aromatic heterocycles. The number of amides is 1. The highest BCUT2D eigenvalue weighted by Gasteiger charge is 2.62. The number of benzene rings is 2. The Morgan fingerprint density at radius 1 is 1.05 bits per heavy atom. The number of ether oxygens (including phenoxy) is 1. The van der Waals surface area contributed by atoms with Crippen molar-refractivity contribution in [2.45, 2.75) is 24.8 Å². The molecule has 4 heteroatoms. The quantitative estimate of drug-likeness (QED) is 0.853. The van der Waals surface area contributed by atoms with Crippen LogP contribution < -0.4 is 0 Å². The van der Waals surface area contributed by atoms with Crippen molar-refractivity contribution < 1.29 is 9.53 Å². The second-order valence-electron chi connectivity index (χ2n) is 5.61. The molecule has 1 fully saturated rings. The van der Waals surface area contributed by atoms with Gasteiger partial charge in [-0.3, -0.25) is 14.7 Å². The smallest absolute Gasteiger partial charge is 0.226 e. The summed E-state index contributed by atoms with van der Waals surface area (Å²) in [5.41, 5.74) is 1.50. The lowest BCUT2D eigenvalue weighted by Crippen LogP contribution is -2.64. The molecule has 22 heavy (non-hydrogen) atoms. The third-order valence-electron chi connectivity index (χ3n) is 4.39. The molecular weight excluding hydrogens is 276 g/mol. The lowest BCUT2D eigenvalue weighted by molar-refractivity contribution is -0.236. The van der Waals surface area contributed by atoms with Crippen LogP contribution in [0.3, 0.4) is 0 Å². The Kier molecular flexibility index (Phi) is 2.87. The van der Waals surface area contributed by atoms with E-state index in [1.165, 1.54) is 6.92 Å². The van der Waals surface area contributed by atoms with Crippen molar-refractivity contribution in [2.24, 2.45) is 4.99 Å². The molecule has 110 valence electrons. The largest absolute Gasteiger partial charge is 0.337 e. The van der Waals surface area contributed by atoms with E-state index in [1.807, 2.05) is 36.4 Å². The topological polar surface area (TPSA) is 41.9 Å². The van der Waals surface area contributed by atoms with Gasteiger partial charge >= 0.3 is 0 Å². The van der Waals surface area contributed by atoms with E-state index in [-0.39, 0.29) is 18.2 Å². The van der Waals surface area contributed by atoms with Crippen molar-refractivity contribution in [1.29, 1.82) is 0 Å². The highest BCUT2D eigenvalue weighted by atomic mass is 16.6. The van der Waals surface area contributed by atoms with Crippen LogP contribution in [-0.4, -0.2) is 29.4 Å². The van der Waals surface area contributed by atoms with Gasteiger partial charge in [-0.05, 0) is 11.1 Å². The van der Waals surface area contributed by atoms with E-state index in [9.17, 15) is 4.79 Å². The van der Waals surface area contributed by atoms with Crippen LogP contribution >= 0.6 is 0 Å². The second-order valence-corrected chi connectivity index (χ2v) is 5.61. The number of hydrogen-bond acceptors (Lipinski definition) is 3. The average Bonchev–Trinajstić information content (AvgIpc) is 2.88. The van der Waals surface area contributed by atoms with Gasteiger partial charge in [0.05, 0.1) is 6.34 Å². The van der Waals surface area contributed by atoms with E-state index >= 15 is 0 Å². The number of hydrogen-bond donors (Lipinski definition) is 0. The molecule has 4 rings (SSSR count). The Balaban J connectivity index is 1.81. The van der Waals surface area contributed by atoms with Gasteiger partial charge in [-0.1, -0.05) is 60.7 Å². The van der Waals surface area contributed by atoms with Gasteiger partial charge in [-0.25, -0.2) is 0 Å². The normalized spacial score (nSPS) is 24.7. The number of nitrogens with zero attached hydrogens (tertiary/aromatic N) is 2. The summed E-state index contributed by atoms with van der Waals surface area (Å²) < 4.78 is 6.28. The summed E-state index contributed by atoms with van der Waals surface area (Å²) in [7, 11) is 0. The molecule has 0 unspecified atom stereocenters. The van der Waals surface area contributed by atoms with Crippen LogP contribution in [0.4, 0.5) is 0 Å². The fraction of sp³-hybridized carbons (Fsp3) is 0.222. The Bertz CT molecular complexity index is 688. The molecule has 2 heterocycles. The summed E-state index contributed by atoms with van der Waals surface area (Å²) >= 11 is 0. The second kappa shape index (κ2) is 4.78. The van der Waals surface area contributed by atoms with Gasteiger partial charge < -0.3 is 4.74 Å². The summed E-state index contributed by atoms with van der Waals surface area (Å²) in [6, 6.07) is 20.1. The molecule has 2 atom stereocenters. The van der Waals surface area contributed by atoms with E-state index in [1.54, 1.807) is 11.2 Å². The van der Waals surface area contributed by atoms with Gasteiger partial charge in [0.25, 0.3) is 0 Å². The number of carbonyl (C=O) groups excluding carboxylic acids is 1. The zero-order valence-electron chi connectivity index (χ0n) is 12.2. The van der Waals surface area contributed by atoms with E-state index < -0.39 is 5.60 Å². The summed E-state index contributed by atoms with van der Waals surface area (Å²) in [5, 5.41) is 0. The molecule has 0 spiro atoms. The lowest BCUT2D eigenvalue weighted by atomic mass is 9.75.